The summed E-state index contributed by atoms with van der Waals surface area (Å²) in [6.07, 6.45) is 1.83. The third-order valence-corrected chi connectivity index (χ3v) is 5.69. The van der Waals surface area contributed by atoms with Crippen molar-refractivity contribution in [1.82, 2.24) is 14.5 Å². The number of fused-ring (bicyclic) bond motifs is 1. The Hall–Kier alpha value is -3.46. The number of carbonyl (C=O) groups excluding carboxylic acids is 1. The molecule has 0 atom stereocenters. The first kappa shape index (κ1) is 18.9. The number of esters is 1. The van der Waals surface area contributed by atoms with Gasteiger partial charge in [-0.05, 0) is 30.3 Å². The molecule has 0 saturated heterocycles. The highest BCUT2D eigenvalue weighted by atomic mass is 32.2. The van der Waals surface area contributed by atoms with Gasteiger partial charge in [0.2, 0.25) is 0 Å². The summed E-state index contributed by atoms with van der Waals surface area (Å²) in [6, 6.07) is 18.0. The molecule has 8 nitrogen and oxygen atoms in total. The maximum absolute atomic E-state index is 12.0. The van der Waals surface area contributed by atoms with Crippen LogP contribution in [0.5, 0.6) is 0 Å². The Bertz CT molecular complexity index is 1170. The van der Waals surface area contributed by atoms with Gasteiger partial charge in [0.05, 0.1) is 23.5 Å². The average Bonchev–Trinajstić information content (AvgIpc) is 3.30. The van der Waals surface area contributed by atoms with Gasteiger partial charge in [-0.1, -0.05) is 30.3 Å². The molecule has 0 amide bonds. The van der Waals surface area contributed by atoms with Crippen LogP contribution in [0.3, 0.4) is 0 Å². The van der Waals surface area contributed by atoms with Crippen LogP contribution in [0.15, 0.2) is 76.7 Å². The van der Waals surface area contributed by atoms with Crippen LogP contribution in [0.2, 0.25) is 0 Å². The summed E-state index contributed by atoms with van der Waals surface area (Å²) < 4.78 is 33.4. The number of aromatic nitrogens is 2. The van der Waals surface area contributed by atoms with Crippen molar-refractivity contribution < 1.29 is 17.9 Å². The molecule has 1 aliphatic heterocycles. The van der Waals surface area contributed by atoms with Crippen molar-refractivity contribution >= 4 is 21.8 Å². The van der Waals surface area contributed by atoms with Crippen LogP contribution in [0, 0.1) is 0 Å². The minimum absolute atomic E-state index is 0.0345. The first-order valence-electron chi connectivity index (χ1n) is 8.95. The molecule has 2 aromatic carbocycles. The van der Waals surface area contributed by atoms with Crippen molar-refractivity contribution in [3.63, 3.8) is 0 Å². The van der Waals surface area contributed by atoms with E-state index in [1.54, 1.807) is 35.1 Å². The smallest absolute Gasteiger partial charge is 0.308 e. The number of carbonyl (C=O) groups is 1. The van der Waals surface area contributed by atoms with Crippen LogP contribution in [0.25, 0.3) is 5.69 Å². The number of nitrogens with zero attached hydrogens (tertiary/aromatic N) is 3. The van der Waals surface area contributed by atoms with Crippen LogP contribution in [-0.4, -0.2) is 36.5 Å². The van der Waals surface area contributed by atoms with E-state index in [9.17, 15) is 13.2 Å². The van der Waals surface area contributed by atoms with E-state index >= 15 is 0 Å². The first-order chi connectivity index (χ1) is 14.0. The van der Waals surface area contributed by atoms with Crippen molar-refractivity contribution in [3.05, 3.63) is 78.1 Å². The van der Waals surface area contributed by atoms with E-state index in [-0.39, 0.29) is 30.3 Å². The average molecular weight is 410 g/mol. The predicted molar refractivity (Wildman–Crippen MR) is 106 cm³/mol. The summed E-state index contributed by atoms with van der Waals surface area (Å²) in [4.78, 5) is 16.4. The molecule has 0 bridgehead atoms. The zero-order valence-electron chi connectivity index (χ0n) is 15.4. The lowest BCUT2D eigenvalue weighted by Gasteiger charge is -2.03. The highest BCUT2D eigenvalue weighted by Gasteiger charge is 2.29. The van der Waals surface area contributed by atoms with Gasteiger partial charge >= 0.3 is 5.97 Å². The lowest BCUT2D eigenvalue weighted by molar-refractivity contribution is -0.144. The molecule has 1 aromatic heterocycles. The number of nitrogens with one attached hydrogen (secondary N) is 1. The Kier molecular flexibility index (Phi) is 5.13. The zero-order valence-corrected chi connectivity index (χ0v) is 16.2. The molecular formula is C20H18N4O4S. The number of rotatable bonds is 6. The van der Waals surface area contributed by atoms with Crippen LogP contribution in [0.1, 0.15) is 17.7 Å². The summed E-state index contributed by atoms with van der Waals surface area (Å²) in [5.41, 5.74) is 2.05. The largest absolute Gasteiger partial charge is 0.459 e. The number of ether oxygens (including phenoxy) is 1. The van der Waals surface area contributed by atoms with E-state index < -0.39 is 16.0 Å². The number of aliphatic imine (C=N–C) groups is 1. The van der Waals surface area contributed by atoms with Gasteiger partial charge in [0.25, 0.3) is 10.0 Å². The summed E-state index contributed by atoms with van der Waals surface area (Å²) in [6.45, 7) is 0.175. The molecule has 0 fully saturated rings. The Morgan fingerprint density at radius 2 is 1.83 bits per heavy atom. The molecule has 1 aliphatic rings. The zero-order chi connectivity index (χ0) is 20.3. The summed E-state index contributed by atoms with van der Waals surface area (Å²) >= 11 is 0. The molecule has 4 rings (SSSR count). The van der Waals surface area contributed by atoms with Crippen LogP contribution in [0.4, 0.5) is 0 Å². The topological polar surface area (TPSA) is 103 Å². The van der Waals surface area contributed by atoms with E-state index in [1.165, 1.54) is 6.07 Å². The molecular weight excluding hydrogens is 392 g/mol. The number of para-hydroxylation sites is 1. The standard InChI is InChI=1S/C20H18N4O4S/c25-19(28-14-15-11-13-24(22-15)16-6-2-1-3-7-16)10-12-21-20-17-8-4-5-9-18(17)29(26,27)23-20/h1-9,11,13H,10,12,14H2,(H,21,23). The number of benzene rings is 2. The fourth-order valence-electron chi connectivity index (χ4n) is 2.90. The van der Waals surface area contributed by atoms with E-state index in [0.717, 1.165) is 5.69 Å². The maximum atomic E-state index is 12.0. The Labute approximate surface area is 167 Å². The second-order valence-corrected chi connectivity index (χ2v) is 7.98. The molecule has 2 heterocycles. The van der Waals surface area contributed by atoms with Gasteiger partial charge in [-0.15, -0.1) is 0 Å². The van der Waals surface area contributed by atoms with Crippen LogP contribution in [-0.2, 0) is 26.2 Å². The molecule has 1 N–H and O–H groups in total. The van der Waals surface area contributed by atoms with Gasteiger partial charge in [-0.25, -0.2) is 13.1 Å². The molecule has 3 aromatic rings. The summed E-state index contributed by atoms with van der Waals surface area (Å²) in [7, 11) is -3.58. The molecule has 0 spiro atoms. The molecule has 0 saturated carbocycles. The van der Waals surface area contributed by atoms with Crippen molar-refractivity contribution in [3.8, 4) is 5.69 Å². The third-order valence-electron chi connectivity index (χ3n) is 4.29. The summed E-state index contributed by atoms with van der Waals surface area (Å²) in [5, 5.41) is 4.37. The number of sulfonamides is 1. The summed E-state index contributed by atoms with van der Waals surface area (Å²) in [5.74, 6) is -0.187. The van der Waals surface area contributed by atoms with Gasteiger partial charge in [-0.2, -0.15) is 5.10 Å². The molecule has 29 heavy (non-hydrogen) atoms. The van der Waals surface area contributed by atoms with Crippen molar-refractivity contribution in [2.24, 2.45) is 4.99 Å². The van der Waals surface area contributed by atoms with Gasteiger partial charge in [0.15, 0.2) is 0 Å². The Balaban J connectivity index is 1.30. The molecule has 148 valence electrons. The Morgan fingerprint density at radius 3 is 2.66 bits per heavy atom. The molecule has 0 aliphatic carbocycles. The highest BCUT2D eigenvalue weighted by Crippen LogP contribution is 2.22. The third kappa shape index (κ3) is 4.19. The lowest BCUT2D eigenvalue weighted by atomic mass is 10.2. The lowest BCUT2D eigenvalue weighted by Crippen LogP contribution is -2.22. The number of amidine groups is 1. The number of hydrogen-bond donors (Lipinski definition) is 1. The normalized spacial score (nSPS) is 15.7. The Morgan fingerprint density at radius 1 is 1.07 bits per heavy atom. The molecule has 0 unspecified atom stereocenters. The van der Waals surface area contributed by atoms with Gasteiger partial charge in [-0.3, -0.25) is 14.5 Å². The molecule has 0 radical (unpaired) electrons. The second kappa shape index (κ2) is 7.88. The van der Waals surface area contributed by atoms with E-state index in [4.69, 9.17) is 4.74 Å². The van der Waals surface area contributed by atoms with Crippen LogP contribution < -0.4 is 4.72 Å². The number of hydrogen-bond acceptors (Lipinski definition) is 6. The van der Waals surface area contributed by atoms with Gasteiger partial charge < -0.3 is 4.74 Å². The minimum Gasteiger partial charge on any atom is -0.459 e. The van der Waals surface area contributed by atoms with Gasteiger partial charge in [0.1, 0.15) is 18.1 Å². The van der Waals surface area contributed by atoms with Crippen LogP contribution >= 0.6 is 0 Å². The second-order valence-electron chi connectivity index (χ2n) is 6.33. The monoisotopic (exact) mass is 410 g/mol. The fraction of sp³-hybridized carbons (Fsp3) is 0.150. The quantitative estimate of drug-likeness (QED) is 0.627. The van der Waals surface area contributed by atoms with Gasteiger partial charge in [0, 0.05) is 11.8 Å². The fourth-order valence-corrected chi connectivity index (χ4v) is 4.15. The highest BCUT2D eigenvalue weighted by molar-refractivity contribution is 7.90. The van der Waals surface area contributed by atoms with E-state index in [2.05, 4.69) is 14.8 Å². The maximum Gasteiger partial charge on any atom is 0.308 e. The van der Waals surface area contributed by atoms with E-state index in [0.29, 0.717) is 11.3 Å². The molecule has 9 heteroatoms. The first-order valence-corrected chi connectivity index (χ1v) is 10.4. The van der Waals surface area contributed by atoms with Crippen molar-refractivity contribution in [1.29, 1.82) is 0 Å². The SMILES string of the molecule is O=C(CCN=C1NS(=O)(=O)c2ccccc21)OCc1ccn(-c2ccccc2)n1. The van der Waals surface area contributed by atoms with Crippen molar-refractivity contribution in [2.45, 2.75) is 17.9 Å². The van der Waals surface area contributed by atoms with E-state index in [1.807, 2.05) is 30.3 Å². The minimum atomic E-state index is -3.58. The predicted octanol–water partition coefficient (Wildman–Crippen LogP) is 2.04. The van der Waals surface area contributed by atoms with Crippen molar-refractivity contribution in [2.75, 3.05) is 6.54 Å².